The van der Waals surface area contributed by atoms with E-state index in [9.17, 15) is 5.11 Å². The zero-order valence-corrected chi connectivity index (χ0v) is 11.6. The van der Waals surface area contributed by atoms with Gasteiger partial charge < -0.3 is 5.11 Å². The molecule has 2 unspecified atom stereocenters. The van der Waals surface area contributed by atoms with Crippen LogP contribution in [0.1, 0.15) is 38.2 Å². The quantitative estimate of drug-likeness (QED) is 0.846. The number of fused-ring (bicyclic) bond motifs is 1. The Bertz CT molecular complexity index is 569. The summed E-state index contributed by atoms with van der Waals surface area (Å²) >= 11 is 0. The summed E-state index contributed by atoms with van der Waals surface area (Å²) in [6.07, 6.45) is 5.09. The Kier molecular flexibility index (Phi) is 3.32. The molecule has 2 atom stereocenters. The van der Waals surface area contributed by atoms with Crippen molar-refractivity contribution in [3.63, 3.8) is 0 Å². The average Bonchev–Trinajstić information content (AvgIpc) is 2.38. The van der Waals surface area contributed by atoms with Gasteiger partial charge in [0.15, 0.2) is 0 Å². The van der Waals surface area contributed by atoms with Crippen molar-refractivity contribution in [1.29, 1.82) is 0 Å². The Hall–Kier alpha value is -1.34. The Morgan fingerprint density at radius 3 is 2.79 bits per heavy atom. The lowest BCUT2D eigenvalue weighted by atomic mass is 9.75. The van der Waals surface area contributed by atoms with E-state index in [1.54, 1.807) is 0 Å². The fourth-order valence-electron chi connectivity index (χ4n) is 3.59. The summed E-state index contributed by atoms with van der Waals surface area (Å²) in [6.45, 7) is 2.26. The first kappa shape index (κ1) is 12.7. The summed E-state index contributed by atoms with van der Waals surface area (Å²) in [5, 5.41) is 13.4. The number of aliphatic hydroxyl groups is 1. The Morgan fingerprint density at radius 2 is 1.95 bits per heavy atom. The van der Waals surface area contributed by atoms with E-state index in [4.69, 9.17) is 0 Å². The SMILES string of the molecule is CC1CCCC(O)(Cc2cccc3ccccc23)C1. The molecular formula is C18H22O. The molecule has 1 N–H and O–H groups in total. The molecule has 0 amide bonds. The van der Waals surface area contributed by atoms with Crippen LogP contribution in [0.4, 0.5) is 0 Å². The van der Waals surface area contributed by atoms with Crippen molar-refractivity contribution in [3.8, 4) is 0 Å². The maximum atomic E-state index is 10.9. The molecule has 2 aromatic rings. The number of benzene rings is 2. The minimum atomic E-state index is -0.498. The van der Waals surface area contributed by atoms with Gasteiger partial charge in [-0.05, 0) is 35.1 Å². The van der Waals surface area contributed by atoms with Crippen molar-refractivity contribution in [1.82, 2.24) is 0 Å². The van der Waals surface area contributed by atoms with Crippen LogP contribution < -0.4 is 0 Å². The van der Waals surface area contributed by atoms with Crippen molar-refractivity contribution >= 4 is 10.8 Å². The van der Waals surface area contributed by atoms with E-state index in [1.807, 2.05) is 0 Å². The largest absolute Gasteiger partial charge is 0.390 e. The molecule has 2 aromatic carbocycles. The Balaban J connectivity index is 1.92. The van der Waals surface area contributed by atoms with Crippen LogP contribution in [0.25, 0.3) is 10.8 Å². The third kappa shape index (κ3) is 2.66. The predicted molar refractivity (Wildman–Crippen MR) is 80.2 cm³/mol. The first-order valence-electron chi connectivity index (χ1n) is 7.35. The number of hydrogen-bond acceptors (Lipinski definition) is 1. The zero-order valence-electron chi connectivity index (χ0n) is 11.6. The van der Waals surface area contributed by atoms with Crippen LogP contribution in [0.5, 0.6) is 0 Å². The minimum absolute atomic E-state index is 0.498. The first-order chi connectivity index (χ1) is 9.16. The highest BCUT2D eigenvalue weighted by Gasteiger charge is 2.32. The fourth-order valence-corrected chi connectivity index (χ4v) is 3.59. The third-order valence-electron chi connectivity index (χ3n) is 4.47. The van der Waals surface area contributed by atoms with Gasteiger partial charge in [-0.15, -0.1) is 0 Å². The number of hydrogen-bond donors (Lipinski definition) is 1. The fraction of sp³-hybridized carbons (Fsp3) is 0.444. The molecule has 0 heterocycles. The van der Waals surface area contributed by atoms with Gasteiger partial charge >= 0.3 is 0 Å². The lowest BCUT2D eigenvalue weighted by Gasteiger charge is -2.36. The van der Waals surface area contributed by atoms with Crippen LogP contribution in [-0.2, 0) is 6.42 Å². The van der Waals surface area contributed by atoms with E-state index in [2.05, 4.69) is 49.4 Å². The van der Waals surface area contributed by atoms with Gasteiger partial charge in [0.05, 0.1) is 5.60 Å². The van der Waals surface area contributed by atoms with Gasteiger partial charge in [0.25, 0.3) is 0 Å². The van der Waals surface area contributed by atoms with Gasteiger partial charge in [0, 0.05) is 6.42 Å². The van der Waals surface area contributed by atoms with E-state index in [-0.39, 0.29) is 0 Å². The molecule has 1 saturated carbocycles. The molecule has 19 heavy (non-hydrogen) atoms. The van der Waals surface area contributed by atoms with Gasteiger partial charge in [0.2, 0.25) is 0 Å². The van der Waals surface area contributed by atoms with Crippen LogP contribution in [0.15, 0.2) is 42.5 Å². The normalized spacial score (nSPS) is 27.6. The smallest absolute Gasteiger partial charge is 0.0690 e. The first-order valence-corrected chi connectivity index (χ1v) is 7.35. The molecule has 1 fully saturated rings. The van der Waals surface area contributed by atoms with Gasteiger partial charge in [-0.25, -0.2) is 0 Å². The predicted octanol–water partition coefficient (Wildman–Crippen LogP) is 4.32. The lowest BCUT2D eigenvalue weighted by molar-refractivity contribution is -0.0121. The van der Waals surface area contributed by atoms with E-state index in [0.29, 0.717) is 5.92 Å². The van der Waals surface area contributed by atoms with Crippen molar-refractivity contribution < 1.29 is 5.11 Å². The standard InChI is InChI=1S/C18H22O/c1-14-6-5-11-18(19,12-14)13-16-9-4-8-15-7-2-3-10-17(15)16/h2-4,7-10,14,19H,5-6,11-13H2,1H3. The van der Waals surface area contributed by atoms with Crippen LogP contribution in [-0.4, -0.2) is 10.7 Å². The van der Waals surface area contributed by atoms with Crippen molar-refractivity contribution in [2.75, 3.05) is 0 Å². The monoisotopic (exact) mass is 254 g/mol. The van der Waals surface area contributed by atoms with Crippen LogP contribution >= 0.6 is 0 Å². The van der Waals surface area contributed by atoms with Crippen LogP contribution in [0.3, 0.4) is 0 Å². The summed E-state index contributed by atoms with van der Waals surface area (Å²) in [7, 11) is 0. The topological polar surface area (TPSA) is 20.2 Å². The molecule has 0 aromatic heterocycles. The van der Waals surface area contributed by atoms with E-state index < -0.39 is 5.60 Å². The Morgan fingerprint density at radius 1 is 1.16 bits per heavy atom. The highest BCUT2D eigenvalue weighted by Crippen LogP contribution is 2.35. The van der Waals surface area contributed by atoms with Gasteiger partial charge in [-0.3, -0.25) is 0 Å². The van der Waals surface area contributed by atoms with E-state index >= 15 is 0 Å². The van der Waals surface area contributed by atoms with Gasteiger partial charge in [-0.2, -0.15) is 0 Å². The van der Waals surface area contributed by atoms with E-state index in [0.717, 1.165) is 25.7 Å². The van der Waals surface area contributed by atoms with Crippen molar-refractivity contribution in [2.24, 2.45) is 5.92 Å². The highest BCUT2D eigenvalue weighted by atomic mass is 16.3. The molecule has 1 nitrogen and oxygen atoms in total. The summed E-state index contributed by atoms with van der Waals surface area (Å²) in [5.41, 5.74) is 0.789. The molecule has 1 aliphatic rings. The van der Waals surface area contributed by atoms with Gasteiger partial charge in [-0.1, -0.05) is 62.2 Å². The van der Waals surface area contributed by atoms with Crippen molar-refractivity contribution in [2.45, 2.75) is 44.6 Å². The van der Waals surface area contributed by atoms with E-state index in [1.165, 1.54) is 22.8 Å². The molecule has 0 radical (unpaired) electrons. The lowest BCUT2D eigenvalue weighted by Crippen LogP contribution is -2.36. The second-order valence-electron chi connectivity index (χ2n) is 6.24. The van der Waals surface area contributed by atoms with Crippen LogP contribution in [0, 0.1) is 5.92 Å². The number of rotatable bonds is 2. The molecule has 0 aliphatic heterocycles. The molecule has 1 aliphatic carbocycles. The van der Waals surface area contributed by atoms with Gasteiger partial charge in [0.1, 0.15) is 0 Å². The average molecular weight is 254 g/mol. The summed E-state index contributed by atoms with van der Waals surface area (Å²) < 4.78 is 0. The molecule has 0 saturated heterocycles. The second-order valence-corrected chi connectivity index (χ2v) is 6.24. The molecule has 100 valence electrons. The highest BCUT2D eigenvalue weighted by molar-refractivity contribution is 5.85. The summed E-state index contributed by atoms with van der Waals surface area (Å²) in [4.78, 5) is 0. The minimum Gasteiger partial charge on any atom is -0.390 e. The Labute approximate surface area is 115 Å². The zero-order chi connectivity index (χ0) is 13.3. The van der Waals surface area contributed by atoms with Crippen molar-refractivity contribution in [3.05, 3.63) is 48.0 Å². The molecule has 1 heteroatoms. The molecule has 0 bridgehead atoms. The summed E-state index contributed by atoms with van der Waals surface area (Å²) in [5.74, 6) is 0.647. The maximum Gasteiger partial charge on any atom is 0.0690 e. The maximum absolute atomic E-state index is 10.9. The molecular weight excluding hydrogens is 232 g/mol. The third-order valence-corrected chi connectivity index (χ3v) is 4.47. The van der Waals surface area contributed by atoms with Crippen LogP contribution in [0.2, 0.25) is 0 Å². The second kappa shape index (κ2) is 4.97. The summed E-state index contributed by atoms with van der Waals surface area (Å²) in [6, 6.07) is 14.9. The molecule has 3 rings (SSSR count). The molecule has 0 spiro atoms.